The highest BCUT2D eigenvalue weighted by atomic mass is 16.4. The molecule has 0 atom stereocenters. The molecule has 0 aliphatic heterocycles. The Morgan fingerprint density at radius 3 is 1.24 bits per heavy atom. The van der Waals surface area contributed by atoms with Gasteiger partial charge in [-0.25, -0.2) is 0 Å². The molecule has 1 aliphatic rings. The van der Waals surface area contributed by atoms with Gasteiger partial charge in [0.15, 0.2) is 0 Å². The molecule has 4 aromatic rings. The van der Waals surface area contributed by atoms with E-state index < -0.39 is 17.4 Å². The van der Waals surface area contributed by atoms with Gasteiger partial charge in [0, 0.05) is 12.8 Å². The number of aromatic hydroxyl groups is 2. The molecule has 4 N–H and O–H groups in total. The van der Waals surface area contributed by atoms with Crippen molar-refractivity contribution < 1.29 is 30.0 Å². The zero-order valence-electron chi connectivity index (χ0n) is 20.2. The molecule has 188 valence electrons. The molecule has 0 unspecified atom stereocenters. The molecule has 37 heavy (non-hydrogen) atoms. The molecule has 0 bridgehead atoms. The van der Waals surface area contributed by atoms with E-state index in [0.717, 1.165) is 11.1 Å². The number of hydrogen-bond donors (Lipinski definition) is 4. The maximum Gasteiger partial charge on any atom is 0.303 e. The lowest BCUT2D eigenvalue weighted by atomic mass is 9.68. The van der Waals surface area contributed by atoms with Crippen LogP contribution in [0.5, 0.6) is 11.5 Å². The van der Waals surface area contributed by atoms with E-state index in [1.165, 1.54) is 22.3 Å². The summed E-state index contributed by atoms with van der Waals surface area (Å²) in [5, 5.41) is 36.0. The number of phenolic OH excluding ortho intramolecular Hbond substituents is 2. The number of carboxylic acid groups (broad SMARTS) is 2. The first-order chi connectivity index (χ1) is 17.8. The summed E-state index contributed by atoms with van der Waals surface area (Å²) in [5.74, 6) is -1.24. The minimum Gasteiger partial charge on any atom is -0.508 e. The minimum atomic E-state index is -0.870. The van der Waals surface area contributed by atoms with Crippen LogP contribution in [0.2, 0.25) is 0 Å². The quantitative estimate of drug-likeness (QED) is 0.200. The van der Waals surface area contributed by atoms with E-state index in [0.29, 0.717) is 12.8 Å². The Balaban J connectivity index is 0.000000275. The molecule has 5 rings (SSSR count). The molecule has 0 saturated carbocycles. The average Bonchev–Trinajstić information content (AvgIpc) is 3.19. The molecule has 1 aliphatic carbocycles. The second-order valence-corrected chi connectivity index (χ2v) is 8.93. The lowest BCUT2D eigenvalue weighted by Gasteiger charge is -2.33. The van der Waals surface area contributed by atoms with Gasteiger partial charge in [-0.05, 0) is 70.5 Å². The van der Waals surface area contributed by atoms with Crippen LogP contribution in [0.4, 0.5) is 0 Å². The van der Waals surface area contributed by atoms with Crippen LogP contribution in [0.1, 0.15) is 47.9 Å². The van der Waals surface area contributed by atoms with Gasteiger partial charge < -0.3 is 20.4 Å². The highest BCUT2D eigenvalue weighted by Gasteiger charge is 2.45. The highest BCUT2D eigenvalue weighted by Crippen LogP contribution is 2.56. The first-order valence-electron chi connectivity index (χ1n) is 12.1. The first-order valence-corrected chi connectivity index (χ1v) is 12.1. The normalized spacial score (nSPS) is 12.5. The van der Waals surface area contributed by atoms with Crippen LogP contribution in [-0.4, -0.2) is 32.4 Å². The average molecular weight is 497 g/mol. The summed E-state index contributed by atoms with van der Waals surface area (Å²) in [6, 6.07) is 31.9. The maximum absolute atomic E-state index is 9.90. The number of fused-ring (bicyclic) bond motifs is 3. The second kappa shape index (κ2) is 11.0. The van der Waals surface area contributed by atoms with E-state index >= 15 is 0 Å². The Labute approximate surface area is 215 Å². The minimum absolute atomic E-state index is 0.0628. The van der Waals surface area contributed by atoms with Crippen molar-refractivity contribution in [3.63, 3.8) is 0 Å². The van der Waals surface area contributed by atoms with Gasteiger partial charge in [-0.15, -0.1) is 0 Å². The Kier molecular flexibility index (Phi) is 7.58. The van der Waals surface area contributed by atoms with Gasteiger partial charge in [0.05, 0.1) is 5.41 Å². The van der Waals surface area contributed by atoms with Crippen molar-refractivity contribution >= 4 is 11.9 Å². The summed E-state index contributed by atoms with van der Waals surface area (Å²) in [5.41, 5.74) is 6.54. The highest BCUT2D eigenvalue weighted by molar-refractivity contribution is 5.86. The molecule has 4 aromatic carbocycles. The maximum atomic E-state index is 9.90. The third-order valence-electron chi connectivity index (χ3n) is 6.58. The summed E-state index contributed by atoms with van der Waals surface area (Å²) >= 11 is 0. The van der Waals surface area contributed by atoms with Crippen molar-refractivity contribution in [1.29, 1.82) is 0 Å². The fourth-order valence-electron chi connectivity index (χ4n) is 5.00. The van der Waals surface area contributed by atoms with Crippen LogP contribution in [0, 0.1) is 0 Å². The molecular weight excluding hydrogens is 468 g/mol. The summed E-state index contributed by atoms with van der Waals surface area (Å²) in [6.07, 6.45) is 1.02. The number of carbonyl (C=O) groups is 2. The van der Waals surface area contributed by atoms with Crippen LogP contribution in [0.15, 0.2) is 97.1 Å². The fourth-order valence-corrected chi connectivity index (χ4v) is 5.00. The van der Waals surface area contributed by atoms with Crippen molar-refractivity contribution in [2.75, 3.05) is 0 Å². The lowest BCUT2D eigenvalue weighted by Crippen LogP contribution is -2.28. The topological polar surface area (TPSA) is 115 Å². The van der Waals surface area contributed by atoms with E-state index in [2.05, 4.69) is 48.5 Å². The Morgan fingerprint density at radius 1 is 0.541 bits per heavy atom. The van der Waals surface area contributed by atoms with E-state index in [4.69, 9.17) is 10.2 Å². The molecule has 0 spiro atoms. The molecule has 0 fully saturated rings. The number of phenols is 2. The van der Waals surface area contributed by atoms with Gasteiger partial charge in [0.25, 0.3) is 0 Å². The predicted molar refractivity (Wildman–Crippen MR) is 141 cm³/mol. The van der Waals surface area contributed by atoms with Crippen LogP contribution < -0.4 is 0 Å². The zero-order valence-corrected chi connectivity index (χ0v) is 20.2. The largest absolute Gasteiger partial charge is 0.508 e. The fraction of sp³-hybridized carbons (Fsp3) is 0.161. The van der Waals surface area contributed by atoms with Gasteiger partial charge >= 0.3 is 11.9 Å². The summed E-state index contributed by atoms with van der Waals surface area (Å²) < 4.78 is 0. The number of aliphatic carboxylic acids is 2. The van der Waals surface area contributed by atoms with Crippen molar-refractivity contribution in [2.45, 2.75) is 31.1 Å². The van der Waals surface area contributed by atoms with Crippen LogP contribution >= 0.6 is 0 Å². The molecule has 6 heteroatoms. The zero-order chi connectivity index (χ0) is 26.4. The monoisotopic (exact) mass is 496 g/mol. The van der Waals surface area contributed by atoms with E-state index in [1.807, 2.05) is 24.3 Å². The molecule has 6 nitrogen and oxygen atoms in total. The second-order valence-electron chi connectivity index (χ2n) is 8.93. The predicted octanol–water partition coefficient (Wildman–Crippen LogP) is 6.18. The van der Waals surface area contributed by atoms with Gasteiger partial charge in [-0.1, -0.05) is 72.8 Å². The van der Waals surface area contributed by atoms with Crippen molar-refractivity contribution in [1.82, 2.24) is 0 Å². The Bertz CT molecular complexity index is 1280. The first kappa shape index (κ1) is 25.5. The Morgan fingerprint density at radius 2 is 0.892 bits per heavy atom. The number of rotatable bonds is 7. The molecule has 0 amide bonds. The SMILES string of the molecule is O=C(O)CCCCC(=O)O.Oc1ccc(C2(c3ccc(O)cc3)c3ccccc3-c3ccccc32)cc1. The standard InChI is InChI=1S/C25H18O2.C6H10O4/c26-19-13-9-17(10-14-19)25(18-11-15-20(27)16-12-18)23-7-3-1-5-21(23)22-6-2-4-8-24(22)25;7-5(8)3-1-2-4-6(9)10/h1-16,26-27H;1-4H2,(H,7,8)(H,9,10). The van der Waals surface area contributed by atoms with E-state index in [1.54, 1.807) is 24.3 Å². The molecule has 0 saturated heterocycles. The molecule has 0 aromatic heterocycles. The number of hydrogen-bond acceptors (Lipinski definition) is 4. The molecule has 0 heterocycles. The van der Waals surface area contributed by atoms with Gasteiger partial charge in [0.2, 0.25) is 0 Å². The number of unbranched alkanes of at least 4 members (excludes halogenated alkanes) is 1. The molecular formula is C31H28O6. The molecule has 0 radical (unpaired) electrons. The smallest absolute Gasteiger partial charge is 0.303 e. The van der Waals surface area contributed by atoms with Gasteiger partial charge in [-0.2, -0.15) is 0 Å². The van der Waals surface area contributed by atoms with Crippen molar-refractivity contribution in [3.05, 3.63) is 119 Å². The lowest BCUT2D eigenvalue weighted by molar-refractivity contribution is -0.139. The summed E-state index contributed by atoms with van der Waals surface area (Å²) in [4.78, 5) is 19.8. The van der Waals surface area contributed by atoms with E-state index in [9.17, 15) is 19.8 Å². The third-order valence-corrected chi connectivity index (χ3v) is 6.58. The van der Waals surface area contributed by atoms with Crippen LogP contribution in [-0.2, 0) is 15.0 Å². The van der Waals surface area contributed by atoms with Gasteiger partial charge in [-0.3, -0.25) is 9.59 Å². The van der Waals surface area contributed by atoms with Crippen molar-refractivity contribution in [2.24, 2.45) is 0 Å². The van der Waals surface area contributed by atoms with E-state index in [-0.39, 0.29) is 24.3 Å². The number of carboxylic acids is 2. The number of benzene rings is 4. The third kappa shape index (κ3) is 5.19. The van der Waals surface area contributed by atoms with Crippen molar-refractivity contribution in [3.8, 4) is 22.6 Å². The van der Waals surface area contributed by atoms with Crippen LogP contribution in [0.25, 0.3) is 11.1 Å². The summed E-state index contributed by atoms with van der Waals surface area (Å²) in [6.45, 7) is 0. The van der Waals surface area contributed by atoms with Gasteiger partial charge in [0.1, 0.15) is 11.5 Å². The summed E-state index contributed by atoms with van der Waals surface area (Å²) in [7, 11) is 0. The Hall–Kier alpha value is -4.58. The van der Waals surface area contributed by atoms with Crippen LogP contribution in [0.3, 0.4) is 0 Å².